The van der Waals surface area contributed by atoms with E-state index in [-0.39, 0.29) is 0 Å². The van der Waals surface area contributed by atoms with Gasteiger partial charge < -0.3 is 10.5 Å². The van der Waals surface area contributed by atoms with E-state index >= 15 is 0 Å². The van der Waals surface area contributed by atoms with Crippen LogP contribution in [0.4, 0.5) is 5.69 Å². The molecule has 2 aromatic rings. The van der Waals surface area contributed by atoms with Crippen molar-refractivity contribution < 1.29 is 4.74 Å². The Hall–Kier alpha value is -1.96. The number of benzene rings is 2. The summed E-state index contributed by atoms with van der Waals surface area (Å²) in [6, 6.07) is 12.1. The molecule has 0 unspecified atom stereocenters. The number of hydrogen-bond acceptors (Lipinski definition) is 2. The van der Waals surface area contributed by atoms with Crippen molar-refractivity contribution in [1.29, 1.82) is 0 Å². The molecule has 0 atom stereocenters. The van der Waals surface area contributed by atoms with Gasteiger partial charge in [-0.3, -0.25) is 0 Å². The summed E-state index contributed by atoms with van der Waals surface area (Å²) in [6.07, 6.45) is 3.64. The van der Waals surface area contributed by atoms with E-state index in [1.54, 1.807) is 0 Å². The van der Waals surface area contributed by atoms with Crippen LogP contribution in [0, 0.1) is 6.92 Å². The second-order valence-corrected chi connectivity index (χ2v) is 4.91. The molecule has 0 saturated heterocycles. The maximum Gasteiger partial charge on any atom is 0.130 e. The minimum atomic E-state index is 0.772. The van der Waals surface area contributed by atoms with Gasteiger partial charge in [0.05, 0.1) is 0 Å². The Morgan fingerprint density at radius 3 is 2.67 bits per heavy atom. The van der Waals surface area contributed by atoms with Gasteiger partial charge >= 0.3 is 0 Å². The molecule has 0 bridgehead atoms. The molecule has 1 aliphatic carbocycles. The van der Waals surface area contributed by atoms with Crippen LogP contribution >= 0.6 is 0 Å². The highest BCUT2D eigenvalue weighted by Gasteiger charge is 2.11. The molecule has 18 heavy (non-hydrogen) atoms. The maximum atomic E-state index is 5.93. The molecule has 2 aromatic carbocycles. The predicted octanol–water partition coefficient (Wildman–Crippen LogP) is 3.86. The summed E-state index contributed by atoms with van der Waals surface area (Å²) in [7, 11) is 0. The highest BCUT2D eigenvalue weighted by Crippen LogP contribution is 2.30. The number of nitrogens with two attached hydrogens (primary N) is 1. The van der Waals surface area contributed by atoms with Crippen molar-refractivity contribution in [3.8, 4) is 11.5 Å². The van der Waals surface area contributed by atoms with Crippen molar-refractivity contribution >= 4 is 5.69 Å². The number of anilines is 1. The summed E-state index contributed by atoms with van der Waals surface area (Å²) >= 11 is 0. The summed E-state index contributed by atoms with van der Waals surface area (Å²) in [5.74, 6) is 1.80. The van der Waals surface area contributed by atoms with Crippen LogP contribution in [0.15, 0.2) is 36.4 Å². The number of rotatable bonds is 2. The quantitative estimate of drug-likeness (QED) is 0.808. The van der Waals surface area contributed by atoms with Crippen molar-refractivity contribution in [2.75, 3.05) is 5.73 Å². The van der Waals surface area contributed by atoms with Crippen LogP contribution in [0.3, 0.4) is 0 Å². The smallest absolute Gasteiger partial charge is 0.130 e. The molecule has 92 valence electrons. The van der Waals surface area contributed by atoms with Crippen molar-refractivity contribution in [1.82, 2.24) is 0 Å². The zero-order valence-corrected chi connectivity index (χ0v) is 10.6. The fraction of sp³-hybridized carbons (Fsp3) is 0.250. The van der Waals surface area contributed by atoms with E-state index in [1.165, 1.54) is 30.4 Å². The van der Waals surface area contributed by atoms with Crippen molar-refractivity contribution in [2.24, 2.45) is 0 Å². The molecular weight excluding hydrogens is 222 g/mol. The minimum Gasteiger partial charge on any atom is -0.457 e. The van der Waals surface area contributed by atoms with Crippen LogP contribution in [-0.4, -0.2) is 0 Å². The molecule has 0 spiro atoms. The highest BCUT2D eigenvalue weighted by atomic mass is 16.5. The maximum absolute atomic E-state index is 5.93. The zero-order valence-electron chi connectivity index (χ0n) is 10.6. The average Bonchev–Trinajstić information content (AvgIpc) is 2.80. The van der Waals surface area contributed by atoms with Gasteiger partial charge in [-0.1, -0.05) is 6.07 Å². The Labute approximate surface area is 107 Å². The van der Waals surface area contributed by atoms with E-state index < -0.39 is 0 Å². The van der Waals surface area contributed by atoms with Crippen molar-refractivity contribution in [3.63, 3.8) is 0 Å². The van der Waals surface area contributed by atoms with E-state index in [9.17, 15) is 0 Å². The first-order chi connectivity index (χ1) is 8.72. The summed E-state index contributed by atoms with van der Waals surface area (Å²) in [5.41, 5.74) is 10.5. The van der Waals surface area contributed by atoms with Gasteiger partial charge in [-0.2, -0.15) is 0 Å². The van der Waals surface area contributed by atoms with Gasteiger partial charge in [-0.05, 0) is 73.2 Å². The van der Waals surface area contributed by atoms with Crippen molar-refractivity contribution in [3.05, 3.63) is 53.1 Å². The largest absolute Gasteiger partial charge is 0.457 e. The van der Waals surface area contributed by atoms with Crippen LogP contribution < -0.4 is 10.5 Å². The first-order valence-electron chi connectivity index (χ1n) is 6.38. The van der Waals surface area contributed by atoms with E-state index in [1.807, 2.05) is 25.1 Å². The molecule has 0 saturated carbocycles. The number of fused-ring (bicyclic) bond motifs is 1. The SMILES string of the molecule is Cc1cc(N)ccc1Oc1ccc2c(c1)CCC2. The lowest BCUT2D eigenvalue weighted by Crippen LogP contribution is -1.91. The molecule has 0 aliphatic heterocycles. The van der Waals surface area contributed by atoms with Gasteiger partial charge in [0.1, 0.15) is 11.5 Å². The summed E-state index contributed by atoms with van der Waals surface area (Å²) in [5, 5.41) is 0. The Morgan fingerprint density at radius 2 is 1.83 bits per heavy atom. The third-order valence-corrected chi connectivity index (χ3v) is 3.50. The lowest BCUT2D eigenvalue weighted by molar-refractivity contribution is 0.478. The summed E-state index contributed by atoms with van der Waals surface area (Å²) in [4.78, 5) is 0. The van der Waals surface area contributed by atoms with Crippen LogP contribution in [0.25, 0.3) is 0 Å². The molecule has 0 radical (unpaired) electrons. The molecule has 2 N–H and O–H groups in total. The normalized spacial score (nSPS) is 13.4. The number of hydrogen-bond donors (Lipinski definition) is 1. The van der Waals surface area contributed by atoms with Gasteiger partial charge in [-0.15, -0.1) is 0 Å². The molecule has 1 aliphatic rings. The van der Waals surface area contributed by atoms with Crippen LogP contribution in [-0.2, 0) is 12.8 Å². The standard InChI is InChI=1S/C16H17NO/c1-11-9-14(17)6-8-16(11)18-15-7-5-12-3-2-4-13(12)10-15/h5-10H,2-4,17H2,1H3. The topological polar surface area (TPSA) is 35.2 Å². The zero-order chi connectivity index (χ0) is 12.5. The molecule has 2 nitrogen and oxygen atoms in total. The van der Waals surface area contributed by atoms with Gasteiger partial charge in [0.15, 0.2) is 0 Å². The molecule has 0 fully saturated rings. The fourth-order valence-corrected chi connectivity index (χ4v) is 2.53. The third-order valence-electron chi connectivity index (χ3n) is 3.50. The van der Waals surface area contributed by atoms with Crippen LogP contribution in [0.5, 0.6) is 11.5 Å². The average molecular weight is 239 g/mol. The first kappa shape index (κ1) is 11.1. The van der Waals surface area contributed by atoms with E-state index in [0.717, 1.165) is 22.7 Å². The highest BCUT2D eigenvalue weighted by molar-refractivity contribution is 5.49. The van der Waals surface area contributed by atoms with E-state index in [2.05, 4.69) is 18.2 Å². The second kappa shape index (κ2) is 4.37. The van der Waals surface area contributed by atoms with E-state index in [0.29, 0.717) is 0 Å². The number of ether oxygens (including phenoxy) is 1. The predicted molar refractivity (Wildman–Crippen MR) is 74.1 cm³/mol. The Balaban J connectivity index is 1.88. The number of nitrogen functional groups attached to an aromatic ring is 1. The Morgan fingerprint density at radius 1 is 1.00 bits per heavy atom. The van der Waals surface area contributed by atoms with Gasteiger partial charge in [0, 0.05) is 5.69 Å². The minimum absolute atomic E-state index is 0.772. The lowest BCUT2D eigenvalue weighted by atomic mass is 10.1. The Kier molecular flexibility index (Phi) is 2.71. The first-order valence-corrected chi connectivity index (χ1v) is 6.38. The van der Waals surface area contributed by atoms with E-state index in [4.69, 9.17) is 10.5 Å². The molecule has 0 heterocycles. The summed E-state index contributed by atoms with van der Waals surface area (Å²) in [6.45, 7) is 2.01. The molecule has 0 aromatic heterocycles. The Bertz CT molecular complexity index is 590. The number of aryl methyl sites for hydroxylation is 3. The lowest BCUT2D eigenvalue weighted by Gasteiger charge is -2.10. The van der Waals surface area contributed by atoms with Gasteiger partial charge in [0.25, 0.3) is 0 Å². The van der Waals surface area contributed by atoms with Gasteiger partial charge in [-0.25, -0.2) is 0 Å². The molecular formula is C16H17NO. The molecule has 0 amide bonds. The van der Waals surface area contributed by atoms with Crippen molar-refractivity contribution in [2.45, 2.75) is 26.2 Å². The monoisotopic (exact) mass is 239 g/mol. The van der Waals surface area contributed by atoms with Gasteiger partial charge in [0.2, 0.25) is 0 Å². The van der Waals surface area contributed by atoms with Crippen LogP contribution in [0.1, 0.15) is 23.1 Å². The summed E-state index contributed by atoms with van der Waals surface area (Å²) < 4.78 is 5.93. The third kappa shape index (κ3) is 2.06. The molecule has 2 heteroatoms. The fourth-order valence-electron chi connectivity index (χ4n) is 2.53. The van der Waals surface area contributed by atoms with Crippen LogP contribution in [0.2, 0.25) is 0 Å². The second-order valence-electron chi connectivity index (χ2n) is 4.91. The molecule has 3 rings (SSSR count).